The minimum absolute atomic E-state index is 0.471. The Kier molecular flexibility index (Phi) is 6.70. The molecule has 7 nitrogen and oxygen atoms in total. The van der Waals surface area contributed by atoms with E-state index in [0.29, 0.717) is 16.2 Å². The Labute approximate surface area is 185 Å². The van der Waals surface area contributed by atoms with Crippen molar-refractivity contribution >= 4 is 40.9 Å². The number of aromatic nitrogens is 4. The van der Waals surface area contributed by atoms with Crippen molar-refractivity contribution in [1.82, 2.24) is 25.3 Å². The molecule has 3 heterocycles. The third kappa shape index (κ3) is 5.22. The number of anilines is 2. The molecule has 0 saturated heterocycles. The van der Waals surface area contributed by atoms with Crippen LogP contribution < -0.4 is 15.5 Å². The first-order valence-corrected chi connectivity index (χ1v) is 11.1. The number of benzene rings is 1. The number of hydrogen-bond donors (Lipinski definition) is 2. The summed E-state index contributed by atoms with van der Waals surface area (Å²) in [5.74, 6) is 1.33. The maximum atomic E-state index is 5.38. The summed E-state index contributed by atoms with van der Waals surface area (Å²) < 4.78 is 0. The van der Waals surface area contributed by atoms with E-state index < -0.39 is 0 Å². The zero-order valence-electron chi connectivity index (χ0n) is 16.7. The Morgan fingerprint density at radius 2 is 1.93 bits per heavy atom. The first kappa shape index (κ1) is 20.5. The second-order valence-electron chi connectivity index (χ2n) is 6.84. The van der Waals surface area contributed by atoms with Crippen molar-refractivity contribution in [1.29, 1.82) is 0 Å². The number of hydrogen-bond acceptors (Lipinski definition) is 7. The van der Waals surface area contributed by atoms with Crippen LogP contribution in [0.1, 0.15) is 24.5 Å². The highest BCUT2D eigenvalue weighted by atomic mass is 32.2. The normalized spacial score (nSPS) is 12.9. The van der Waals surface area contributed by atoms with E-state index in [1.807, 2.05) is 6.07 Å². The molecule has 0 amide bonds. The maximum absolute atomic E-state index is 5.38. The molecule has 3 aromatic rings. The number of rotatable bonds is 6. The molecule has 0 spiro atoms. The second kappa shape index (κ2) is 9.82. The Bertz CT molecular complexity index is 1010. The number of thiocarbonyl (C=S) groups is 1. The lowest BCUT2D eigenvalue weighted by Gasteiger charge is -2.30. The van der Waals surface area contributed by atoms with E-state index in [1.165, 1.54) is 22.9 Å². The molecule has 2 aromatic heterocycles. The van der Waals surface area contributed by atoms with Gasteiger partial charge in [-0.3, -0.25) is 0 Å². The smallest absolute Gasteiger partial charge is 0.232 e. The van der Waals surface area contributed by atoms with Crippen LogP contribution in [0.2, 0.25) is 0 Å². The molecule has 0 atom stereocenters. The number of nitrogens with zero attached hydrogens (tertiary/aromatic N) is 5. The summed E-state index contributed by atoms with van der Waals surface area (Å²) in [4.78, 5) is 20.2. The summed E-state index contributed by atoms with van der Waals surface area (Å²) in [7, 11) is 0. The fourth-order valence-electron chi connectivity index (χ4n) is 3.19. The Hall–Kier alpha value is -2.78. The van der Waals surface area contributed by atoms with Crippen LogP contribution in [0.15, 0.2) is 59.0 Å². The summed E-state index contributed by atoms with van der Waals surface area (Å²) >= 11 is 6.79. The molecule has 2 N–H and O–H groups in total. The summed E-state index contributed by atoms with van der Waals surface area (Å²) in [6, 6.07) is 12.3. The van der Waals surface area contributed by atoms with Gasteiger partial charge in [0.15, 0.2) is 10.3 Å². The Morgan fingerprint density at radius 3 is 2.73 bits per heavy atom. The van der Waals surface area contributed by atoms with Crippen LogP contribution in [0, 0.1) is 0 Å². The van der Waals surface area contributed by atoms with Gasteiger partial charge in [-0.2, -0.15) is 4.98 Å². The van der Waals surface area contributed by atoms with Crippen LogP contribution in [0.25, 0.3) is 0 Å². The number of nitrogens with one attached hydrogen (secondary N) is 2. The van der Waals surface area contributed by atoms with Crippen LogP contribution in [0.3, 0.4) is 0 Å². The van der Waals surface area contributed by atoms with E-state index in [4.69, 9.17) is 17.2 Å². The predicted octanol–water partition coefficient (Wildman–Crippen LogP) is 3.68. The van der Waals surface area contributed by atoms with Gasteiger partial charge < -0.3 is 15.5 Å². The van der Waals surface area contributed by atoms with E-state index in [0.717, 1.165) is 43.3 Å². The van der Waals surface area contributed by atoms with Gasteiger partial charge in [0.1, 0.15) is 10.8 Å². The lowest BCUT2D eigenvalue weighted by atomic mass is 10.00. The van der Waals surface area contributed by atoms with Crippen molar-refractivity contribution in [2.45, 2.75) is 36.5 Å². The van der Waals surface area contributed by atoms with Crippen molar-refractivity contribution in [2.24, 2.45) is 0 Å². The first-order chi connectivity index (χ1) is 14.7. The summed E-state index contributed by atoms with van der Waals surface area (Å²) in [5, 5.41) is 8.21. The van der Waals surface area contributed by atoms with Crippen LogP contribution in [-0.2, 0) is 13.0 Å². The van der Waals surface area contributed by atoms with Crippen LogP contribution in [-0.4, -0.2) is 38.1 Å². The predicted molar refractivity (Wildman–Crippen MR) is 124 cm³/mol. The fraction of sp³-hybridized carbons (Fsp3) is 0.286. The van der Waals surface area contributed by atoms with Crippen LogP contribution in [0.4, 0.5) is 11.8 Å². The molecule has 0 aliphatic carbocycles. The van der Waals surface area contributed by atoms with Crippen molar-refractivity contribution < 1.29 is 0 Å². The molecule has 1 aliphatic heterocycles. The van der Waals surface area contributed by atoms with Gasteiger partial charge in [0.25, 0.3) is 0 Å². The van der Waals surface area contributed by atoms with E-state index >= 15 is 0 Å². The molecule has 154 valence electrons. The summed E-state index contributed by atoms with van der Waals surface area (Å²) in [6.07, 6.45) is 5.43. The highest BCUT2D eigenvalue weighted by Crippen LogP contribution is 2.29. The quantitative estimate of drug-likeness (QED) is 0.341. The first-order valence-electron chi connectivity index (χ1n) is 9.92. The molecule has 0 unspecified atom stereocenters. The standard InChI is InChI=1S/C21H23N7S2/c1-2-9-22-20(29)27-19-25-17(13-18(26-19)30-21-23-10-5-11-24-21)28-12-8-15-6-3-4-7-16(15)14-28/h3-7,10-11,13H,2,8-9,12,14H2,1H3,(H2,22,25,26,27,29). The van der Waals surface area contributed by atoms with Gasteiger partial charge in [0.05, 0.1) is 0 Å². The summed E-state index contributed by atoms with van der Waals surface area (Å²) in [6.45, 7) is 4.61. The van der Waals surface area contributed by atoms with Gasteiger partial charge in [0, 0.05) is 38.1 Å². The Balaban J connectivity index is 1.60. The minimum Gasteiger partial charge on any atom is -0.362 e. The van der Waals surface area contributed by atoms with Crippen LogP contribution in [0.5, 0.6) is 0 Å². The van der Waals surface area contributed by atoms with Crippen molar-refractivity contribution in [3.8, 4) is 0 Å². The largest absolute Gasteiger partial charge is 0.362 e. The van der Waals surface area contributed by atoms with Crippen molar-refractivity contribution in [2.75, 3.05) is 23.3 Å². The average molecular weight is 438 g/mol. The molecule has 0 saturated carbocycles. The molecule has 0 radical (unpaired) electrons. The van der Waals surface area contributed by atoms with Gasteiger partial charge in [-0.1, -0.05) is 31.2 Å². The van der Waals surface area contributed by atoms with Gasteiger partial charge in [-0.15, -0.1) is 0 Å². The van der Waals surface area contributed by atoms with Gasteiger partial charge in [-0.05, 0) is 54.0 Å². The maximum Gasteiger partial charge on any atom is 0.232 e. The second-order valence-corrected chi connectivity index (χ2v) is 8.24. The minimum atomic E-state index is 0.471. The molecule has 4 rings (SSSR count). The molecule has 0 fully saturated rings. The zero-order chi connectivity index (χ0) is 20.8. The van der Waals surface area contributed by atoms with E-state index in [9.17, 15) is 0 Å². The fourth-order valence-corrected chi connectivity index (χ4v) is 4.09. The van der Waals surface area contributed by atoms with Gasteiger partial charge >= 0.3 is 0 Å². The van der Waals surface area contributed by atoms with Gasteiger partial charge in [0.2, 0.25) is 5.95 Å². The number of fused-ring (bicyclic) bond motifs is 1. The third-order valence-electron chi connectivity index (χ3n) is 4.64. The molecular weight excluding hydrogens is 414 g/mol. The molecule has 0 bridgehead atoms. The average Bonchev–Trinajstić information content (AvgIpc) is 2.78. The molecule has 1 aromatic carbocycles. The lowest BCUT2D eigenvalue weighted by molar-refractivity contribution is 0.717. The monoisotopic (exact) mass is 437 g/mol. The van der Waals surface area contributed by atoms with E-state index in [1.54, 1.807) is 18.5 Å². The molecule has 1 aliphatic rings. The molecule has 30 heavy (non-hydrogen) atoms. The summed E-state index contributed by atoms with van der Waals surface area (Å²) in [5.41, 5.74) is 2.73. The van der Waals surface area contributed by atoms with Gasteiger partial charge in [-0.25, -0.2) is 15.0 Å². The zero-order valence-corrected chi connectivity index (χ0v) is 18.3. The Morgan fingerprint density at radius 1 is 1.13 bits per heavy atom. The van der Waals surface area contributed by atoms with Crippen LogP contribution >= 0.6 is 24.0 Å². The third-order valence-corrected chi connectivity index (χ3v) is 5.70. The SMILES string of the molecule is CCCNC(=S)Nc1nc(Sc2ncccn2)cc(N2CCc3ccccc3C2)n1. The highest BCUT2D eigenvalue weighted by Gasteiger charge is 2.19. The van der Waals surface area contributed by atoms with Crippen molar-refractivity contribution in [3.63, 3.8) is 0 Å². The van der Waals surface area contributed by atoms with E-state index in [-0.39, 0.29) is 0 Å². The lowest BCUT2D eigenvalue weighted by Crippen LogP contribution is -2.32. The highest BCUT2D eigenvalue weighted by molar-refractivity contribution is 7.99. The molecular formula is C21H23N7S2. The topological polar surface area (TPSA) is 78.9 Å². The van der Waals surface area contributed by atoms with Crippen molar-refractivity contribution in [3.05, 3.63) is 59.9 Å². The van der Waals surface area contributed by atoms with E-state index in [2.05, 4.69) is 61.7 Å². The molecule has 9 heteroatoms.